The van der Waals surface area contributed by atoms with Gasteiger partial charge >= 0.3 is 11.9 Å². The van der Waals surface area contributed by atoms with E-state index in [2.05, 4.69) is 9.47 Å². The first kappa shape index (κ1) is 11.4. The summed E-state index contributed by atoms with van der Waals surface area (Å²) in [7, 11) is 0. The molecule has 13 heavy (non-hydrogen) atoms. The molecular formula is C9H12O4. The molecule has 0 heterocycles. The van der Waals surface area contributed by atoms with Crippen LogP contribution in [0, 0.1) is 0 Å². The molecule has 0 radical (unpaired) electrons. The Balaban J connectivity index is 3.91. The maximum atomic E-state index is 10.4. The Bertz CT molecular complexity index is 250. The summed E-state index contributed by atoms with van der Waals surface area (Å²) in [5.74, 6) is -0.781. The lowest BCUT2D eigenvalue weighted by atomic mass is 10.3. The van der Waals surface area contributed by atoms with E-state index >= 15 is 0 Å². The normalized spacial score (nSPS) is 11.5. The minimum Gasteiger partial charge on any atom is -0.435 e. The molecule has 0 aliphatic rings. The zero-order valence-electron chi connectivity index (χ0n) is 7.87. The van der Waals surface area contributed by atoms with Crippen LogP contribution in [0.2, 0.25) is 0 Å². The molecular weight excluding hydrogens is 172 g/mol. The number of carbonyl (C=O) groups is 2. The summed E-state index contributed by atoms with van der Waals surface area (Å²) in [4.78, 5) is 20.7. The van der Waals surface area contributed by atoms with E-state index < -0.39 is 5.97 Å². The number of ether oxygens (including phenoxy) is 2. The molecule has 0 saturated heterocycles. The Morgan fingerprint density at radius 3 is 2.00 bits per heavy atom. The number of esters is 2. The molecule has 0 fully saturated rings. The fourth-order valence-corrected chi connectivity index (χ4v) is 0.452. The zero-order chi connectivity index (χ0) is 10.3. The third kappa shape index (κ3) is 8.33. The van der Waals surface area contributed by atoms with Crippen molar-refractivity contribution in [2.75, 3.05) is 0 Å². The zero-order valence-corrected chi connectivity index (χ0v) is 7.87. The minimum absolute atomic E-state index is 0.389. The van der Waals surface area contributed by atoms with Crippen LogP contribution in [0.5, 0.6) is 0 Å². The van der Waals surface area contributed by atoms with Crippen LogP contribution in [-0.4, -0.2) is 11.9 Å². The van der Waals surface area contributed by atoms with Gasteiger partial charge in [-0.15, -0.1) is 0 Å². The van der Waals surface area contributed by atoms with Crippen LogP contribution < -0.4 is 0 Å². The topological polar surface area (TPSA) is 52.6 Å². The van der Waals surface area contributed by atoms with E-state index in [0.29, 0.717) is 5.57 Å². The van der Waals surface area contributed by atoms with Crippen molar-refractivity contribution in [2.45, 2.75) is 20.8 Å². The van der Waals surface area contributed by atoms with Crippen LogP contribution in [0.3, 0.4) is 0 Å². The van der Waals surface area contributed by atoms with Gasteiger partial charge in [-0.3, -0.25) is 9.59 Å². The van der Waals surface area contributed by atoms with Crippen molar-refractivity contribution in [3.8, 4) is 0 Å². The molecule has 0 N–H and O–H groups in total. The van der Waals surface area contributed by atoms with Gasteiger partial charge in [0.15, 0.2) is 0 Å². The number of rotatable bonds is 3. The Labute approximate surface area is 76.8 Å². The van der Waals surface area contributed by atoms with Crippen molar-refractivity contribution in [3.05, 3.63) is 24.2 Å². The van der Waals surface area contributed by atoms with Crippen LogP contribution in [0.1, 0.15) is 20.8 Å². The Morgan fingerprint density at radius 2 is 1.54 bits per heavy atom. The largest absolute Gasteiger partial charge is 0.435 e. The van der Waals surface area contributed by atoms with E-state index in [4.69, 9.17) is 0 Å². The molecule has 4 nitrogen and oxygen atoms in total. The molecule has 72 valence electrons. The second-order valence-electron chi connectivity index (χ2n) is 2.38. The quantitative estimate of drug-likeness (QED) is 0.379. The summed E-state index contributed by atoms with van der Waals surface area (Å²) in [6, 6.07) is 0. The summed E-state index contributed by atoms with van der Waals surface area (Å²) in [5, 5.41) is 0. The first-order chi connectivity index (χ1) is 6.02. The molecule has 0 unspecified atom stereocenters. The lowest BCUT2D eigenvalue weighted by Crippen LogP contribution is -1.91. The van der Waals surface area contributed by atoms with Gasteiger partial charge in [0.1, 0.15) is 0 Å². The van der Waals surface area contributed by atoms with E-state index in [1.54, 1.807) is 6.92 Å². The summed E-state index contributed by atoms with van der Waals surface area (Å²) < 4.78 is 9.09. The van der Waals surface area contributed by atoms with Crippen LogP contribution in [0.25, 0.3) is 0 Å². The lowest BCUT2D eigenvalue weighted by molar-refractivity contribution is -0.136. The highest BCUT2D eigenvalue weighted by molar-refractivity contribution is 5.67. The number of hydrogen-bond acceptors (Lipinski definition) is 4. The first-order valence-electron chi connectivity index (χ1n) is 3.70. The lowest BCUT2D eigenvalue weighted by Gasteiger charge is -1.94. The van der Waals surface area contributed by atoms with Gasteiger partial charge in [0, 0.05) is 13.8 Å². The highest BCUT2D eigenvalue weighted by Crippen LogP contribution is 1.96. The highest BCUT2D eigenvalue weighted by Gasteiger charge is 1.89. The van der Waals surface area contributed by atoms with Gasteiger partial charge in [-0.1, -0.05) is 0 Å². The maximum absolute atomic E-state index is 10.4. The van der Waals surface area contributed by atoms with Gasteiger partial charge < -0.3 is 9.47 Å². The SMILES string of the molecule is CC(=O)O/C=C\C(C)=C\OC(C)=O. The molecule has 0 spiro atoms. The Hall–Kier alpha value is -1.58. The van der Waals surface area contributed by atoms with Crippen molar-refractivity contribution < 1.29 is 19.1 Å². The molecule has 0 saturated carbocycles. The standard InChI is InChI=1S/C9H12O4/c1-7(6-13-9(3)11)4-5-12-8(2)10/h4-6H,1-3H3/b5-4-,7-6+. The summed E-state index contributed by atoms with van der Waals surface area (Å²) in [6.45, 7) is 4.32. The molecule has 0 amide bonds. The molecule has 0 aromatic carbocycles. The molecule has 0 rings (SSSR count). The van der Waals surface area contributed by atoms with E-state index in [0.717, 1.165) is 0 Å². The Kier molecular flexibility index (Phi) is 5.27. The fourth-order valence-electron chi connectivity index (χ4n) is 0.452. The summed E-state index contributed by atoms with van der Waals surface area (Å²) in [6.07, 6.45) is 4.03. The molecule has 0 aliphatic heterocycles. The van der Waals surface area contributed by atoms with Crippen LogP contribution in [-0.2, 0) is 19.1 Å². The highest BCUT2D eigenvalue weighted by atomic mass is 16.5. The van der Waals surface area contributed by atoms with E-state index in [9.17, 15) is 9.59 Å². The third-order valence-corrected chi connectivity index (χ3v) is 0.976. The van der Waals surface area contributed by atoms with Crippen LogP contribution >= 0.6 is 0 Å². The smallest absolute Gasteiger partial charge is 0.307 e. The van der Waals surface area contributed by atoms with E-state index in [-0.39, 0.29) is 5.97 Å². The molecule has 0 bridgehead atoms. The van der Waals surface area contributed by atoms with Gasteiger partial charge in [0.05, 0.1) is 12.5 Å². The summed E-state index contributed by atoms with van der Waals surface area (Å²) in [5.41, 5.74) is 0.677. The second kappa shape index (κ2) is 5.99. The van der Waals surface area contributed by atoms with Gasteiger partial charge in [0.25, 0.3) is 0 Å². The molecule has 0 aliphatic carbocycles. The predicted octanol–water partition coefficient (Wildman–Crippen LogP) is 1.53. The van der Waals surface area contributed by atoms with Gasteiger partial charge in [-0.25, -0.2) is 0 Å². The molecule has 4 heteroatoms. The van der Waals surface area contributed by atoms with Crippen molar-refractivity contribution in [1.82, 2.24) is 0 Å². The summed E-state index contributed by atoms with van der Waals surface area (Å²) >= 11 is 0. The monoisotopic (exact) mass is 184 g/mol. The average Bonchev–Trinajstić information content (AvgIpc) is 2.00. The van der Waals surface area contributed by atoms with Crippen LogP contribution in [0.15, 0.2) is 24.2 Å². The van der Waals surface area contributed by atoms with E-state index in [1.165, 1.54) is 32.4 Å². The minimum atomic E-state index is -0.392. The van der Waals surface area contributed by atoms with Gasteiger partial charge in [-0.2, -0.15) is 0 Å². The molecule has 0 aromatic heterocycles. The maximum Gasteiger partial charge on any atom is 0.307 e. The Morgan fingerprint density at radius 1 is 1.00 bits per heavy atom. The number of allylic oxidation sites excluding steroid dienone is 2. The first-order valence-corrected chi connectivity index (χ1v) is 3.70. The van der Waals surface area contributed by atoms with Gasteiger partial charge in [-0.05, 0) is 18.6 Å². The predicted molar refractivity (Wildman–Crippen MR) is 46.4 cm³/mol. The van der Waals surface area contributed by atoms with Gasteiger partial charge in [0.2, 0.25) is 0 Å². The van der Waals surface area contributed by atoms with Crippen molar-refractivity contribution >= 4 is 11.9 Å². The van der Waals surface area contributed by atoms with E-state index in [1.807, 2.05) is 0 Å². The molecule has 0 aromatic rings. The van der Waals surface area contributed by atoms with Crippen molar-refractivity contribution in [3.63, 3.8) is 0 Å². The van der Waals surface area contributed by atoms with Crippen molar-refractivity contribution in [2.24, 2.45) is 0 Å². The third-order valence-electron chi connectivity index (χ3n) is 0.976. The second-order valence-corrected chi connectivity index (χ2v) is 2.38. The number of carbonyl (C=O) groups excluding carboxylic acids is 2. The fraction of sp³-hybridized carbons (Fsp3) is 0.333. The molecule has 0 atom stereocenters. The number of hydrogen-bond donors (Lipinski definition) is 0. The average molecular weight is 184 g/mol. The van der Waals surface area contributed by atoms with Crippen LogP contribution in [0.4, 0.5) is 0 Å². The van der Waals surface area contributed by atoms with Crippen molar-refractivity contribution in [1.29, 1.82) is 0 Å².